The van der Waals surface area contributed by atoms with Crippen LogP contribution in [0.5, 0.6) is 0 Å². The first-order valence-corrected chi connectivity index (χ1v) is 4.31. The minimum atomic E-state index is -6.00. The summed E-state index contributed by atoms with van der Waals surface area (Å²) in [4.78, 5) is 2.98. The molecule has 88 valence electrons. The van der Waals surface area contributed by atoms with Crippen LogP contribution >= 0.6 is 0 Å². The second kappa shape index (κ2) is 7.27. The van der Waals surface area contributed by atoms with Gasteiger partial charge in [-0.1, -0.05) is 0 Å². The normalized spacial score (nSPS) is 10.7. The van der Waals surface area contributed by atoms with Gasteiger partial charge in [-0.15, -0.1) is 0 Å². The van der Waals surface area contributed by atoms with Crippen LogP contribution in [0.25, 0.3) is 0 Å². The van der Waals surface area contributed by atoms with Crippen molar-refractivity contribution in [1.29, 1.82) is 0 Å². The standard InChI is InChI=1S/C7H12N2O.BF4/c1-10-6-2-4-9-5-3-8-7-9;2-1(3,4)5/h3,5,7H,2,4,6H2,1H3;/q;-1/p+1. The van der Waals surface area contributed by atoms with Gasteiger partial charge >= 0.3 is 7.25 Å². The molecule has 1 rings (SSSR count). The van der Waals surface area contributed by atoms with E-state index in [4.69, 9.17) is 4.74 Å². The molecule has 8 heteroatoms. The Kier molecular flexibility index (Phi) is 6.77. The maximum absolute atomic E-state index is 9.75. The first-order chi connectivity index (χ1) is 6.93. The van der Waals surface area contributed by atoms with Crippen molar-refractivity contribution in [3.8, 4) is 0 Å². The highest BCUT2D eigenvalue weighted by Gasteiger charge is 2.20. The number of nitrogens with one attached hydrogen (secondary N) is 1. The van der Waals surface area contributed by atoms with Crippen molar-refractivity contribution in [2.75, 3.05) is 13.7 Å². The topological polar surface area (TPSA) is 28.9 Å². The highest BCUT2D eigenvalue weighted by Crippen LogP contribution is 2.06. The summed E-state index contributed by atoms with van der Waals surface area (Å²) in [5.41, 5.74) is 0. The molecule has 0 saturated carbocycles. The lowest BCUT2D eigenvalue weighted by Crippen LogP contribution is -2.30. The zero-order valence-corrected chi connectivity index (χ0v) is 8.30. The third-order valence-electron chi connectivity index (χ3n) is 1.37. The van der Waals surface area contributed by atoms with Crippen LogP contribution in [0.15, 0.2) is 18.7 Å². The number of hydrogen-bond donors (Lipinski definition) is 1. The molecule has 0 unspecified atom stereocenters. The van der Waals surface area contributed by atoms with Crippen molar-refractivity contribution in [3.63, 3.8) is 0 Å². The van der Waals surface area contributed by atoms with E-state index in [-0.39, 0.29) is 0 Å². The number of ether oxygens (including phenoxy) is 1. The summed E-state index contributed by atoms with van der Waals surface area (Å²) >= 11 is 0. The van der Waals surface area contributed by atoms with Crippen LogP contribution in [0.1, 0.15) is 6.42 Å². The molecule has 0 aromatic carbocycles. The molecule has 0 bridgehead atoms. The van der Waals surface area contributed by atoms with Crippen LogP contribution in [-0.4, -0.2) is 26.0 Å². The van der Waals surface area contributed by atoms with E-state index in [9.17, 15) is 17.3 Å². The molecule has 1 aromatic heterocycles. The highest BCUT2D eigenvalue weighted by molar-refractivity contribution is 6.50. The number of methoxy groups -OCH3 is 1. The number of rotatable bonds is 4. The van der Waals surface area contributed by atoms with Gasteiger partial charge in [-0.2, -0.15) is 0 Å². The molecule has 0 atom stereocenters. The van der Waals surface area contributed by atoms with Gasteiger partial charge in [-0.05, 0) is 0 Å². The van der Waals surface area contributed by atoms with Crippen LogP contribution in [0, 0.1) is 0 Å². The van der Waals surface area contributed by atoms with Crippen molar-refractivity contribution in [1.82, 2.24) is 4.98 Å². The highest BCUT2D eigenvalue weighted by atomic mass is 19.5. The first-order valence-electron chi connectivity index (χ1n) is 4.31. The Morgan fingerprint density at radius 3 is 2.33 bits per heavy atom. The van der Waals surface area contributed by atoms with Crippen LogP contribution in [0.3, 0.4) is 0 Å². The molecule has 0 spiro atoms. The second-order valence-electron chi connectivity index (χ2n) is 2.69. The summed E-state index contributed by atoms with van der Waals surface area (Å²) in [5, 5.41) is 0. The summed E-state index contributed by atoms with van der Waals surface area (Å²) < 4.78 is 46.0. The molecule has 0 aliphatic heterocycles. The van der Waals surface area contributed by atoms with Gasteiger partial charge < -0.3 is 22.0 Å². The zero-order valence-electron chi connectivity index (χ0n) is 8.30. The lowest BCUT2D eigenvalue weighted by atomic mass is 10.3. The van der Waals surface area contributed by atoms with Gasteiger partial charge in [0.15, 0.2) is 0 Å². The lowest BCUT2D eigenvalue weighted by Gasteiger charge is -1.94. The summed E-state index contributed by atoms with van der Waals surface area (Å²) in [5.74, 6) is 0. The fourth-order valence-corrected chi connectivity index (χ4v) is 0.851. The molecule has 0 aliphatic rings. The predicted octanol–water partition coefficient (Wildman–Crippen LogP) is 1.64. The predicted molar refractivity (Wildman–Crippen MR) is 47.7 cm³/mol. The molecule has 0 radical (unpaired) electrons. The molecule has 0 amide bonds. The van der Waals surface area contributed by atoms with Crippen LogP contribution in [0.4, 0.5) is 17.3 Å². The number of H-pyrrole nitrogens is 1. The smallest absolute Gasteiger partial charge is 0.418 e. The molecular weight excluding hydrogens is 215 g/mol. The number of hydrogen-bond acceptors (Lipinski definition) is 1. The molecular formula is C7H13BF4N2O. The van der Waals surface area contributed by atoms with Crippen molar-refractivity contribution >= 4 is 7.25 Å². The first kappa shape index (κ1) is 14.0. The largest absolute Gasteiger partial charge is 0.673 e. The molecule has 15 heavy (non-hydrogen) atoms. The van der Waals surface area contributed by atoms with E-state index in [0.29, 0.717) is 0 Å². The number of aryl methyl sites for hydroxylation is 1. The Hall–Kier alpha value is -1.05. The molecule has 1 N–H and O–H groups in total. The van der Waals surface area contributed by atoms with Crippen molar-refractivity contribution in [3.05, 3.63) is 18.7 Å². The minimum absolute atomic E-state index is 0.832. The van der Waals surface area contributed by atoms with E-state index >= 15 is 0 Å². The molecule has 3 nitrogen and oxygen atoms in total. The average Bonchev–Trinajstić information content (AvgIpc) is 2.54. The average molecular weight is 228 g/mol. The van der Waals surface area contributed by atoms with Crippen molar-refractivity contribution in [2.24, 2.45) is 0 Å². The molecule has 1 aromatic rings. The van der Waals surface area contributed by atoms with Crippen molar-refractivity contribution in [2.45, 2.75) is 13.0 Å². The van der Waals surface area contributed by atoms with Gasteiger partial charge in [-0.3, -0.25) is 4.98 Å². The van der Waals surface area contributed by atoms with E-state index in [1.807, 2.05) is 18.7 Å². The van der Waals surface area contributed by atoms with Crippen molar-refractivity contribution < 1.29 is 26.6 Å². The van der Waals surface area contributed by atoms with Gasteiger partial charge in [-0.25, -0.2) is 4.57 Å². The molecule has 0 fully saturated rings. The number of aromatic nitrogens is 2. The van der Waals surface area contributed by atoms with E-state index in [0.717, 1.165) is 19.6 Å². The lowest BCUT2D eigenvalue weighted by molar-refractivity contribution is -0.696. The Morgan fingerprint density at radius 1 is 1.33 bits per heavy atom. The van der Waals surface area contributed by atoms with Gasteiger partial charge in [0.2, 0.25) is 6.33 Å². The maximum atomic E-state index is 9.75. The Bertz CT molecular complexity index is 234. The second-order valence-corrected chi connectivity index (χ2v) is 2.69. The minimum Gasteiger partial charge on any atom is -0.418 e. The fourth-order valence-electron chi connectivity index (χ4n) is 0.851. The van der Waals surface area contributed by atoms with Gasteiger partial charge in [0.05, 0.1) is 6.54 Å². The van der Waals surface area contributed by atoms with Gasteiger partial charge in [0.25, 0.3) is 0 Å². The monoisotopic (exact) mass is 228 g/mol. The van der Waals surface area contributed by atoms with Gasteiger partial charge in [0.1, 0.15) is 12.4 Å². The van der Waals surface area contributed by atoms with Crippen LogP contribution < -0.4 is 4.57 Å². The van der Waals surface area contributed by atoms with E-state index in [1.54, 1.807) is 7.11 Å². The summed E-state index contributed by atoms with van der Waals surface area (Å²) in [6, 6.07) is 0. The SMILES string of the molecule is COCCC[n+]1cc[nH]c1.F[B-](F)(F)F. The van der Waals surface area contributed by atoms with Crippen LogP contribution in [0.2, 0.25) is 0 Å². The molecule has 0 aliphatic carbocycles. The quantitative estimate of drug-likeness (QED) is 0.361. The Morgan fingerprint density at radius 2 is 1.93 bits per heavy atom. The van der Waals surface area contributed by atoms with E-state index < -0.39 is 7.25 Å². The number of aromatic amines is 1. The Balaban J connectivity index is 0.000000336. The van der Waals surface area contributed by atoms with E-state index in [2.05, 4.69) is 9.55 Å². The number of nitrogens with zero attached hydrogens (tertiary/aromatic N) is 1. The number of halogens is 4. The third kappa shape index (κ3) is 13.0. The number of imidazole rings is 1. The van der Waals surface area contributed by atoms with E-state index in [1.165, 1.54) is 0 Å². The molecule has 1 heterocycles. The van der Waals surface area contributed by atoms with Gasteiger partial charge in [0, 0.05) is 20.1 Å². The third-order valence-corrected chi connectivity index (χ3v) is 1.37. The molecule has 0 saturated heterocycles. The summed E-state index contributed by atoms with van der Waals surface area (Å²) in [6.45, 7) is 1.86. The van der Waals surface area contributed by atoms with Crippen LogP contribution in [-0.2, 0) is 11.3 Å². The fraction of sp³-hybridized carbons (Fsp3) is 0.571. The summed E-state index contributed by atoms with van der Waals surface area (Å²) in [6.07, 6.45) is 6.93. The maximum Gasteiger partial charge on any atom is 0.673 e. The zero-order chi connectivity index (χ0) is 11.7. The summed E-state index contributed by atoms with van der Waals surface area (Å²) in [7, 11) is -4.28. The Labute approximate surface area is 85.2 Å².